The second kappa shape index (κ2) is 6.02. The van der Waals surface area contributed by atoms with E-state index < -0.39 is 0 Å². The van der Waals surface area contributed by atoms with E-state index in [2.05, 4.69) is 0 Å². The highest BCUT2D eigenvalue weighted by atomic mass is 16.1. The molecule has 0 spiro atoms. The number of carbonyl (C=O) groups is 1. The molecule has 0 heterocycles. The molecule has 0 atom stereocenters. The van der Waals surface area contributed by atoms with Crippen LogP contribution in [0.25, 0.3) is 0 Å². The molecular weight excluding hydrogens is 186 g/mol. The molecule has 0 bridgehead atoms. The van der Waals surface area contributed by atoms with Gasteiger partial charge in [-0.25, -0.2) is 0 Å². The number of allylic oxidation sites excluding steroid dienone is 1. The van der Waals surface area contributed by atoms with Crippen molar-refractivity contribution in [1.29, 1.82) is 0 Å². The third kappa shape index (κ3) is 5.01. The number of nitrogens with zero attached hydrogens (tertiary/aromatic N) is 1. The summed E-state index contributed by atoms with van der Waals surface area (Å²) < 4.78 is 0. The lowest BCUT2D eigenvalue weighted by Gasteiger charge is -2.02. The molecule has 0 N–H and O–H groups in total. The van der Waals surface area contributed by atoms with Gasteiger partial charge in [0.25, 0.3) is 0 Å². The molecule has 80 valence electrons. The van der Waals surface area contributed by atoms with Gasteiger partial charge in [0.05, 0.1) is 0 Å². The van der Waals surface area contributed by atoms with Gasteiger partial charge in [0.1, 0.15) is 0 Å². The third-order valence-electron chi connectivity index (χ3n) is 2.06. The van der Waals surface area contributed by atoms with Gasteiger partial charge in [-0.15, -0.1) is 0 Å². The van der Waals surface area contributed by atoms with Gasteiger partial charge < -0.3 is 4.90 Å². The van der Waals surface area contributed by atoms with E-state index in [9.17, 15) is 4.79 Å². The van der Waals surface area contributed by atoms with Crippen LogP contribution in [0.15, 0.2) is 42.6 Å². The fourth-order valence-electron chi connectivity index (χ4n) is 1.23. The molecular formula is C13H17NO. The molecule has 0 amide bonds. The van der Waals surface area contributed by atoms with Crippen molar-refractivity contribution in [2.45, 2.75) is 12.8 Å². The summed E-state index contributed by atoms with van der Waals surface area (Å²) in [5, 5.41) is 0. The highest BCUT2D eigenvalue weighted by molar-refractivity contribution is 5.89. The summed E-state index contributed by atoms with van der Waals surface area (Å²) in [6, 6.07) is 10.1. The van der Waals surface area contributed by atoms with E-state index in [0.29, 0.717) is 6.42 Å². The Morgan fingerprint density at radius 1 is 1.27 bits per heavy atom. The first-order valence-corrected chi connectivity index (χ1v) is 5.10. The fourth-order valence-corrected chi connectivity index (χ4v) is 1.23. The predicted octanol–water partition coefficient (Wildman–Crippen LogP) is 2.26. The normalized spacial score (nSPS) is 10.5. The maximum atomic E-state index is 11.4. The summed E-state index contributed by atoms with van der Waals surface area (Å²) in [7, 11) is 3.81. The Morgan fingerprint density at radius 2 is 1.93 bits per heavy atom. The summed E-state index contributed by atoms with van der Waals surface area (Å²) in [6.07, 6.45) is 4.81. The average molecular weight is 203 g/mol. The van der Waals surface area contributed by atoms with Crippen molar-refractivity contribution < 1.29 is 4.79 Å². The van der Waals surface area contributed by atoms with Crippen molar-refractivity contribution in [1.82, 2.24) is 4.90 Å². The molecule has 15 heavy (non-hydrogen) atoms. The van der Waals surface area contributed by atoms with Crippen LogP contribution < -0.4 is 0 Å². The minimum absolute atomic E-state index is 0.174. The van der Waals surface area contributed by atoms with Crippen molar-refractivity contribution in [3.8, 4) is 0 Å². The van der Waals surface area contributed by atoms with Gasteiger partial charge in [-0.1, -0.05) is 30.3 Å². The molecule has 0 aliphatic rings. The number of carbonyl (C=O) groups excluding carboxylic acids is 1. The van der Waals surface area contributed by atoms with Crippen LogP contribution in [-0.2, 0) is 11.2 Å². The van der Waals surface area contributed by atoms with Crippen molar-refractivity contribution in [3.05, 3.63) is 48.2 Å². The van der Waals surface area contributed by atoms with E-state index >= 15 is 0 Å². The molecule has 0 saturated carbocycles. The summed E-state index contributed by atoms with van der Waals surface area (Å²) in [4.78, 5) is 13.3. The highest BCUT2D eigenvalue weighted by Crippen LogP contribution is 2.03. The smallest absolute Gasteiger partial charge is 0.157 e. The van der Waals surface area contributed by atoms with Crippen LogP contribution in [0, 0.1) is 0 Å². The molecule has 0 aliphatic heterocycles. The number of rotatable bonds is 5. The Kier molecular flexibility index (Phi) is 4.61. The van der Waals surface area contributed by atoms with E-state index in [1.165, 1.54) is 5.56 Å². The number of hydrogen-bond donors (Lipinski definition) is 0. The third-order valence-corrected chi connectivity index (χ3v) is 2.06. The van der Waals surface area contributed by atoms with Gasteiger partial charge in [0.15, 0.2) is 5.78 Å². The molecule has 2 nitrogen and oxygen atoms in total. The molecule has 0 aromatic heterocycles. The summed E-state index contributed by atoms with van der Waals surface area (Å²) in [6.45, 7) is 0. The molecule has 0 unspecified atom stereocenters. The zero-order valence-electron chi connectivity index (χ0n) is 9.31. The van der Waals surface area contributed by atoms with Crippen LogP contribution in [0.5, 0.6) is 0 Å². The predicted molar refractivity (Wildman–Crippen MR) is 62.6 cm³/mol. The SMILES string of the molecule is CN(C)/C=C/C(=O)CCc1ccccc1. The van der Waals surface area contributed by atoms with Crippen LogP contribution >= 0.6 is 0 Å². The molecule has 1 aromatic carbocycles. The van der Waals surface area contributed by atoms with E-state index in [1.807, 2.05) is 49.3 Å². The Labute approximate surface area is 91.2 Å². The van der Waals surface area contributed by atoms with Crippen molar-refractivity contribution >= 4 is 5.78 Å². The van der Waals surface area contributed by atoms with Gasteiger partial charge >= 0.3 is 0 Å². The molecule has 0 aliphatic carbocycles. The number of benzene rings is 1. The Balaban J connectivity index is 2.35. The summed E-state index contributed by atoms with van der Waals surface area (Å²) >= 11 is 0. The van der Waals surface area contributed by atoms with Crippen molar-refractivity contribution in [2.75, 3.05) is 14.1 Å². The number of ketones is 1. The lowest BCUT2D eigenvalue weighted by molar-refractivity contribution is -0.114. The monoisotopic (exact) mass is 203 g/mol. The number of hydrogen-bond acceptors (Lipinski definition) is 2. The molecule has 0 fully saturated rings. The molecule has 0 radical (unpaired) electrons. The van der Waals surface area contributed by atoms with Gasteiger partial charge in [0.2, 0.25) is 0 Å². The zero-order valence-corrected chi connectivity index (χ0v) is 9.31. The van der Waals surface area contributed by atoms with Crippen LogP contribution in [0.1, 0.15) is 12.0 Å². The van der Waals surface area contributed by atoms with E-state index in [0.717, 1.165) is 6.42 Å². The lowest BCUT2D eigenvalue weighted by atomic mass is 10.1. The van der Waals surface area contributed by atoms with Crippen molar-refractivity contribution in [3.63, 3.8) is 0 Å². The molecule has 1 rings (SSSR count). The van der Waals surface area contributed by atoms with Gasteiger partial charge in [-0.05, 0) is 18.1 Å². The fraction of sp³-hybridized carbons (Fsp3) is 0.308. The summed E-state index contributed by atoms with van der Waals surface area (Å²) in [5.41, 5.74) is 1.21. The standard InChI is InChI=1S/C13H17NO/c1-14(2)11-10-13(15)9-8-12-6-4-3-5-7-12/h3-7,10-11H,8-9H2,1-2H3/b11-10+. The number of aryl methyl sites for hydroxylation is 1. The minimum atomic E-state index is 0.174. The molecule has 2 heteroatoms. The first-order valence-electron chi connectivity index (χ1n) is 5.10. The first-order chi connectivity index (χ1) is 7.18. The Hall–Kier alpha value is -1.57. The second-order valence-electron chi connectivity index (χ2n) is 3.73. The Bertz CT molecular complexity index is 328. The minimum Gasteiger partial charge on any atom is -0.383 e. The lowest BCUT2D eigenvalue weighted by Crippen LogP contribution is -2.03. The molecule has 0 saturated heterocycles. The van der Waals surface area contributed by atoms with Crippen LogP contribution in [-0.4, -0.2) is 24.8 Å². The molecule has 1 aromatic rings. The maximum Gasteiger partial charge on any atom is 0.157 e. The average Bonchev–Trinajstić information content (AvgIpc) is 2.25. The van der Waals surface area contributed by atoms with Gasteiger partial charge in [-0.3, -0.25) is 4.79 Å². The topological polar surface area (TPSA) is 20.3 Å². The van der Waals surface area contributed by atoms with Gasteiger partial charge in [0, 0.05) is 26.7 Å². The zero-order chi connectivity index (χ0) is 11.1. The van der Waals surface area contributed by atoms with Crippen molar-refractivity contribution in [2.24, 2.45) is 0 Å². The van der Waals surface area contributed by atoms with Crippen LogP contribution in [0.3, 0.4) is 0 Å². The largest absolute Gasteiger partial charge is 0.383 e. The Morgan fingerprint density at radius 3 is 2.53 bits per heavy atom. The highest BCUT2D eigenvalue weighted by Gasteiger charge is 1.97. The van der Waals surface area contributed by atoms with E-state index in [4.69, 9.17) is 0 Å². The second-order valence-corrected chi connectivity index (χ2v) is 3.73. The summed E-state index contributed by atoms with van der Waals surface area (Å²) in [5.74, 6) is 0.174. The van der Waals surface area contributed by atoms with Crippen LogP contribution in [0.4, 0.5) is 0 Å². The first kappa shape index (κ1) is 11.5. The van der Waals surface area contributed by atoms with Crippen LogP contribution in [0.2, 0.25) is 0 Å². The quantitative estimate of drug-likeness (QED) is 0.684. The van der Waals surface area contributed by atoms with E-state index in [-0.39, 0.29) is 5.78 Å². The van der Waals surface area contributed by atoms with Gasteiger partial charge in [-0.2, -0.15) is 0 Å². The maximum absolute atomic E-state index is 11.4. The van der Waals surface area contributed by atoms with E-state index in [1.54, 1.807) is 12.3 Å².